The van der Waals surface area contributed by atoms with Gasteiger partial charge in [0.15, 0.2) is 0 Å². The minimum Gasteiger partial charge on any atom is -0.491 e. The van der Waals surface area contributed by atoms with Gasteiger partial charge < -0.3 is 31.2 Å². The molecule has 8 heteroatoms. The number of ether oxygens (including phenoxy) is 2. The normalized spacial score (nSPS) is 10.9. The van der Waals surface area contributed by atoms with Crippen molar-refractivity contribution in [3.8, 4) is 5.75 Å². The fourth-order valence-electron chi connectivity index (χ4n) is 2.54. The molecule has 0 aliphatic heterocycles. The summed E-state index contributed by atoms with van der Waals surface area (Å²) < 4.78 is 10.9. The Morgan fingerprint density at radius 1 is 1.20 bits per heavy atom. The molecule has 0 spiro atoms. The van der Waals surface area contributed by atoms with Crippen molar-refractivity contribution in [2.45, 2.75) is 13.5 Å². The molecule has 2 aromatic heterocycles. The maximum atomic E-state index is 5.96. The van der Waals surface area contributed by atoms with Crippen molar-refractivity contribution in [3.05, 3.63) is 36.0 Å². The molecule has 2 heterocycles. The SMILES string of the molecule is CCOCCOc1cccc(NCc2c[nH]c3nc(N)nc(N)c23)c1. The van der Waals surface area contributed by atoms with Crippen molar-refractivity contribution in [2.75, 3.05) is 36.6 Å². The molecule has 0 amide bonds. The van der Waals surface area contributed by atoms with Gasteiger partial charge in [0.05, 0.1) is 12.0 Å². The average Bonchev–Trinajstić information content (AvgIpc) is 3.00. The van der Waals surface area contributed by atoms with Crippen LogP contribution in [0.2, 0.25) is 0 Å². The predicted molar refractivity (Wildman–Crippen MR) is 98.5 cm³/mol. The van der Waals surface area contributed by atoms with Crippen molar-refractivity contribution >= 4 is 28.5 Å². The fraction of sp³-hybridized carbons (Fsp3) is 0.294. The number of nitrogens with two attached hydrogens (primary N) is 2. The number of hydrogen-bond donors (Lipinski definition) is 4. The molecule has 3 aromatic rings. The number of fused-ring (bicyclic) bond motifs is 1. The molecule has 25 heavy (non-hydrogen) atoms. The lowest BCUT2D eigenvalue weighted by molar-refractivity contribution is 0.110. The number of nitrogen functional groups attached to an aromatic ring is 2. The molecule has 8 nitrogen and oxygen atoms in total. The van der Waals surface area contributed by atoms with E-state index >= 15 is 0 Å². The molecule has 0 atom stereocenters. The summed E-state index contributed by atoms with van der Waals surface area (Å²) in [5, 5.41) is 4.13. The molecule has 0 saturated heterocycles. The van der Waals surface area contributed by atoms with Crippen LogP contribution < -0.4 is 21.5 Å². The van der Waals surface area contributed by atoms with Gasteiger partial charge in [-0.15, -0.1) is 0 Å². The zero-order valence-electron chi connectivity index (χ0n) is 14.1. The van der Waals surface area contributed by atoms with E-state index in [2.05, 4.69) is 20.3 Å². The quantitative estimate of drug-likeness (QED) is 0.462. The van der Waals surface area contributed by atoms with E-state index in [1.807, 2.05) is 37.4 Å². The molecule has 0 bridgehead atoms. The fourth-order valence-corrected chi connectivity index (χ4v) is 2.54. The van der Waals surface area contributed by atoms with Crippen LogP contribution in [0.5, 0.6) is 5.75 Å². The first-order valence-corrected chi connectivity index (χ1v) is 8.10. The number of hydrogen-bond acceptors (Lipinski definition) is 7. The first-order chi connectivity index (χ1) is 12.2. The number of aromatic nitrogens is 3. The third kappa shape index (κ3) is 4.10. The second-order valence-electron chi connectivity index (χ2n) is 5.43. The molecular formula is C17H22N6O2. The molecule has 1 aromatic carbocycles. The van der Waals surface area contributed by atoms with Gasteiger partial charge in [0, 0.05) is 36.7 Å². The summed E-state index contributed by atoms with van der Waals surface area (Å²) in [6.45, 7) is 4.32. The molecular weight excluding hydrogens is 320 g/mol. The lowest BCUT2D eigenvalue weighted by Crippen LogP contribution is -2.06. The lowest BCUT2D eigenvalue weighted by Gasteiger charge is -2.10. The number of H-pyrrole nitrogens is 1. The zero-order chi connectivity index (χ0) is 17.6. The van der Waals surface area contributed by atoms with Crippen molar-refractivity contribution in [2.24, 2.45) is 0 Å². The molecule has 0 aliphatic carbocycles. The summed E-state index contributed by atoms with van der Waals surface area (Å²) in [5.41, 5.74) is 14.1. The van der Waals surface area contributed by atoms with Crippen LogP contribution in [0, 0.1) is 0 Å². The van der Waals surface area contributed by atoms with Crippen molar-refractivity contribution in [1.82, 2.24) is 15.0 Å². The first kappa shape index (κ1) is 16.8. The van der Waals surface area contributed by atoms with Gasteiger partial charge in [-0.25, -0.2) is 0 Å². The van der Waals surface area contributed by atoms with Crippen LogP contribution in [-0.2, 0) is 11.3 Å². The van der Waals surface area contributed by atoms with Crippen molar-refractivity contribution in [1.29, 1.82) is 0 Å². The Kier molecular flexibility index (Phi) is 5.20. The van der Waals surface area contributed by atoms with E-state index < -0.39 is 0 Å². The van der Waals surface area contributed by atoms with Gasteiger partial charge in [-0.2, -0.15) is 9.97 Å². The van der Waals surface area contributed by atoms with E-state index in [0.717, 1.165) is 22.4 Å². The number of benzene rings is 1. The van der Waals surface area contributed by atoms with Crippen LogP contribution in [0.1, 0.15) is 12.5 Å². The van der Waals surface area contributed by atoms with Gasteiger partial charge in [0.2, 0.25) is 5.95 Å². The number of nitrogens with zero attached hydrogens (tertiary/aromatic N) is 2. The van der Waals surface area contributed by atoms with Gasteiger partial charge in [-0.1, -0.05) is 6.07 Å². The minimum absolute atomic E-state index is 0.156. The van der Waals surface area contributed by atoms with Gasteiger partial charge in [0.1, 0.15) is 23.8 Å². The highest BCUT2D eigenvalue weighted by atomic mass is 16.5. The zero-order valence-corrected chi connectivity index (χ0v) is 14.1. The third-order valence-electron chi connectivity index (χ3n) is 3.68. The Labute approximate surface area is 145 Å². The highest BCUT2D eigenvalue weighted by Crippen LogP contribution is 2.24. The van der Waals surface area contributed by atoms with Crippen LogP contribution in [0.3, 0.4) is 0 Å². The topological polar surface area (TPSA) is 124 Å². The van der Waals surface area contributed by atoms with Crippen molar-refractivity contribution in [3.63, 3.8) is 0 Å². The van der Waals surface area contributed by atoms with Gasteiger partial charge in [-0.05, 0) is 19.1 Å². The summed E-state index contributed by atoms with van der Waals surface area (Å²) in [6, 6.07) is 7.77. The van der Waals surface area contributed by atoms with E-state index in [1.54, 1.807) is 0 Å². The Hall–Kier alpha value is -3.00. The summed E-state index contributed by atoms with van der Waals surface area (Å²) in [5.74, 6) is 1.32. The van der Waals surface area contributed by atoms with E-state index in [9.17, 15) is 0 Å². The first-order valence-electron chi connectivity index (χ1n) is 8.10. The summed E-state index contributed by atoms with van der Waals surface area (Å²) in [6.07, 6.45) is 1.85. The Morgan fingerprint density at radius 2 is 2.08 bits per heavy atom. The van der Waals surface area contributed by atoms with Crippen LogP contribution in [0.25, 0.3) is 11.0 Å². The summed E-state index contributed by atoms with van der Waals surface area (Å²) >= 11 is 0. The highest BCUT2D eigenvalue weighted by Gasteiger charge is 2.10. The smallest absolute Gasteiger partial charge is 0.223 e. The van der Waals surface area contributed by atoms with Crippen LogP contribution in [-0.4, -0.2) is 34.8 Å². The van der Waals surface area contributed by atoms with Gasteiger partial charge >= 0.3 is 0 Å². The van der Waals surface area contributed by atoms with E-state index in [0.29, 0.717) is 37.8 Å². The molecule has 0 fully saturated rings. The van der Waals surface area contributed by atoms with Crippen molar-refractivity contribution < 1.29 is 9.47 Å². The Bertz CT molecular complexity index is 848. The maximum absolute atomic E-state index is 5.96. The molecule has 0 radical (unpaired) electrons. The number of rotatable bonds is 8. The number of nitrogens with one attached hydrogen (secondary N) is 2. The summed E-state index contributed by atoms with van der Waals surface area (Å²) in [7, 11) is 0. The Balaban J connectivity index is 1.66. The second-order valence-corrected chi connectivity index (χ2v) is 5.43. The minimum atomic E-state index is 0.156. The number of aromatic amines is 1. The van der Waals surface area contributed by atoms with Gasteiger partial charge in [-0.3, -0.25) is 0 Å². The third-order valence-corrected chi connectivity index (χ3v) is 3.68. The average molecular weight is 342 g/mol. The van der Waals surface area contributed by atoms with Crippen LogP contribution in [0.4, 0.5) is 17.5 Å². The predicted octanol–water partition coefficient (Wildman–Crippen LogP) is 2.15. The molecule has 132 valence electrons. The molecule has 0 unspecified atom stereocenters. The number of anilines is 3. The standard InChI is InChI=1S/C17H22N6O2/c1-2-24-6-7-25-13-5-3-4-12(8-13)20-9-11-10-21-16-14(11)15(18)22-17(19)23-16/h3-5,8,10,20H,2,6-7,9H2,1H3,(H5,18,19,21,22,23). The molecule has 0 aliphatic rings. The van der Waals surface area contributed by atoms with Crippen LogP contribution in [0.15, 0.2) is 30.5 Å². The van der Waals surface area contributed by atoms with E-state index in [4.69, 9.17) is 20.9 Å². The lowest BCUT2D eigenvalue weighted by atomic mass is 10.2. The maximum Gasteiger partial charge on any atom is 0.223 e. The van der Waals surface area contributed by atoms with Gasteiger partial charge in [0.25, 0.3) is 0 Å². The summed E-state index contributed by atoms with van der Waals surface area (Å²) in [4.78, 5) is 11.2. The second kappa shape index (κ2) is 7.71. The molecule has 3 rings (SSSR count). The molecule has 6 N–H and O–H groups in total. The molecule has 0 saturated carbocycles. The highest BCUT2D eigenvalue weighted by molar-refractivity contribution is 5.90. The monoisotopic (exact) mass is 342 g/mol. The van der Waals surface area contributed by atoms with E-state index in [1.165, 1.54) is 0 Å². The Morgan fingerprint density at radius 3 is 2.92 bits per heavy atom. The van der Waals surface area contributed by atoms with Crippen LogP contribution >= 0.6 is 0 Å². The largest absolute Gasteiger partial charge is 0.491 e. The van der Waals surface area contributed by atoms with E-state index in [-0.39, 0.29) is 5.95 Å².